The number of nitrogens with zero attached hydrogens (tertiary/aromatic N) is 5. The summed E-state index contributed by atoms with van der Waals surface area (Å²) in [5.74, 6) is 0. The lowest BCUT2D eigenvalue weighted by molar-refractivity contribution is 0.469. The summed E-state index contributed by atoms with van der Waals surface area (Å²) < 4.78 is 0. The normalized spacial score (nSPS) is 10.7. The van der Waals surface area contributed by atoms with Gasteiger partial charge in [-0.3, -0.25) is 4.98 Å². The molecule has 0 aliphatic carbocycles. The number of para-hydroxylation sites is 1. The van der Waals surface area contributed by atoms with Gasteiger partial charge in [-0.15, -0.1) is 0 Å². The molecule has 0 aliphatic heterocycles. The monoisotopic (exact) mass is 405 g/mol. The number of rotatable bonds is 0. The number of fused-ring (bicyclic) bond motifs is 2. The van der Waals surface area contributed by atoms with Crippen LogP contribution in [0.1, 0.15) is 55.4 Å². The van der Waals surface area contributed by atoms with Gasteiger partial charge in [0.05, 0.1) is 17.2 Å². The predicted octanol–water partition coefficient (Wildman–Crippen LogP) is 6.76. The number of benzene rings is 1. The summed E-state index contributed by atoms with van der Waals surface area (Å²) in [4.78, 5) is 19.9. The Morgan fingerprint density at radius 3 is 1.60 bits per heavy atom. The van der Waals surface area contributed by atoms with Crippen LogP contribution >= 0.6 is 0 Å². The largest absolute Gasteiger partial charge is 0.253 e. The zero-order valence-corrected chi connectivity index (χ0v) is 19.6. The molecule has 0 amide bonds. The van der Waals surface area contributed by atoms with E-state index in [0.29, 0.717) is 10.8 Å². The Bertz CT molecular complexity index is 775. The van der Waals surface area contributed by atoms with Crippen molar-refractivity contribution in [3.8, 4) is 0 Å². The van der Waals surface area contributed by atoms with Crippen LogP contribution in [0.25, 0.3) is 21.9 Å². The van der Waals surface area contributed by atoms with E-state index in [4.69, 9.17) is 0 Å². The number of hydrogen-bond donors (Lipinski definition) is 0. The SMILES string of the molecule is CC(C)(C)C.CC(C)(C)C.c1ccc2ncncc2c1.c1cnc2cncnc2c1. The molecule has 0 saturated carbocycles. The molecule has 4 rings (SSSR count). The Morgan fingerprint density at radius 2 is 1.03 bits per heavy atom. The molecule has 0 spiro atoms. The lowest BCUT2D eigenvalue weighted by Gasteiger charge is -2.05. The van der Waals surface area contributed by atoms with Crippen LogP contribution in [0.5, 0.6) is 0 Å². The van der Waals surface area contributed by atoms with Crippen molar-refractivity contribution >= 4 is 21.9 Å². The van der Waals surface area contributed by atoms with Gasteiger partial charge in [0.2, 0.25) is 0 Å². The minimum Gasteiger partial charge on any atom is -0.253 e. The molecule has 0 aliphatic rings. The molecule has 5 heteroatoms. The summed E-state index contributed by atoms with van der Waals surface area (Å²) in [6.45, 7) is 17.5. The van der Waals surface area contributed by atoms with Gasteiger partial charge in [0.15, 0.2) is 0 Å². The Hall–Kier alpha value is -2.95. The molecule has 160 valence electrons. The molecule has 4 aromatic rings. The van der Waals surface area contributed by atoms with E-state index >= 15 is 0 Å². The number of pyridine rings is 1. The van der Waals surface area contributed by atoms with Gasteiger partial charge in [-0.1, -0.05) is 73.6 Å². The van der Waals surface area contributed by atoms with E-state index in [1.165, 1.54) is 6.33 Å². The summed E-state index contributed by atoms with van der Waals surface area (Å²) in [7, 11) is 0. The zero-order chi connectivity index (χ0) is 22.6. The van der Waals surface area contributed by atoms with E-state index < -0.39 is 0 Å². The molecule has 0 radical (unpaired) electrons. The maximum atomic E-state index is 4.07. The summed E-state index contributed by atoms with van der Waals surface area (Å²) in [5, 5.41) is 1.09. The standard InChI is InChI=1S/C8H6N2.C7H5N3.2C5H12/c1-2-4-8-7(3-1)5-9-6-10-8;1-2-6-7(9-3-1)4-8-5-10-6;2*1-5(2,3)4/h1-6H;1-5H;2*1-4H3. The van der Waals surface area contributed by atoms with Crippen molar-refractivity contribution in [1.29, 1.82) is 0 Å². The number of aromatic nitrogens is 5. The third-order valence-corrected chi connectivity index (χ3v) is 2.69. The predicted molar refractivity (Wildman–Crippen MR) is 127 cm³/mol. The van der Waals surface area contributed by atoms with Gasteiger partial charge in [0.25, 0.3) is 0 Å². The molecule has 0 saturated heterocycles. The highest BCUT2D eigenvalue weighted by atomic mass is 14.8. The van der Waals surface area contributed by atoms with Crippen LogP contribution in [0.2, 0.25) is 0 Å². The molecule has 0 fully saturated rings. The van der Waals surface area contributed by atoms with Crippen LogP contribution in [0.15, 0.2) is 67.6 Å². The van der Waals surface area contributed by atoms with Crippen molar-refractivity contribution in [1.82, 2.24) is 24.9 Å². The van der Waals surface area contributed by atoms with E-state index in [0.717, 1.165) is 21.9 Å². The molecule has 0 bridgehead atoms. The third kappa shape index (κ3) is 13.3. The number of hydrogen-bond acceptors (Lipinski definition) is 5. The quantitative estimate of drug-likeness (QED) is 0.323. The van der Waals surface area contributed by atoms with Gasteiger partial charge in [0, 0.05) is 17.8 Å². The Balaban J connectivity index is 0.000000213. The van der Waals surface area contributed by atoms with E-state index in [1.54, 1.807) is 18.7 Å². The Labute approximate surface area is 181 Å². The molecule has 5 nitrogen and oxygen atoms in total. The molecule has 0 atom stereocenters. The second-order valence-electron chi connectivity index (χ2n) is 10.0. The van der Waals surface area contributed by atoms with Gasteiger partial charge < -0.3 is 0 Å². The van der Waals surface area contributed by atoms with E-state index in [1.807, 2.05) is 42.6 Å². The van der Waals surface area contributed by atoms with Crippen LogP contribution < -0.4 is 0 Å². The fourth-order valence-corrected chi connectivity index (χ4v) is 1.74. The summed E-state index contributed by atoms with van der Waals surface area (Å²) in [6.07, 6.45) is 8.31. The zero-order valence-electron chi connectivity index (χ0n) is 19.6. The van der Waals surface area contributed by atoms with Crippen molar-refractivity contribution in [3.63, 3.8) is 0 Å². The highest BCUT2D eigenvalue weighted by Crippen LogP contribution is 2.08. The van der Waals surface area contributed by atoms with Crippen LogP contribution in [-0.4, -0.2) is 24.9 Å². The van der Waals surface area contributed by atoms with E-state index in [9.17, 15) is 0 Å². The fraction of sp³-hybridized carbons (Fsp3) is 0.400. The molecule has 3 heterocycles. The molecular weight excluding hydrogens is 370 g/mol. The smallest absolute Gasteiger partial charge is 0.116 e. The highest BCUT2D eigenvalue weighted by molar-refractivity contribution is 5.76. The maximum absolute atomic E-state index is 4.07. The first kappa shape index (κ1) is 25.1. The van der Waals surface area contributed by atoms with Gasteiger partial charge in [-0.2, -0.15) is 0 Å². The minimum atomic E-state index is 0.500. The van der Waals surface area contributed by atoms with Crippen molar-refractivity contribution in [2.24, 2.45) is 10.8 Å². The molecule has 30 heavy (non-hydrogen) atoms. The van der Waals surface area contributed by atoms with Crippen molar-refractivity contribution in [3.05, 3.63) is 67.6 Å². The van der Waals surface area contributed by atoms with E-state index in [-0.39, 0.29) is 0 Å². The molecule has 3 aromatic heterocycles. The second kappa shape index (κ2) is 11.9. The summed E-state index contributed by atoms with van der Waals surface area (Å²) in [6, 6.07) is 11.7. The van der Waals surface area contributed by atoms with Crippen LogP contribution in [0.4, 0.5) is 0 Å². The van der Waals surface area contributed by atoms with Crippen molar-refractivity contribution in [2.45, 2.75) is 55.4 Å². The topological polar surface area (TPSA) is 64.5 Å². The van der Waals surface area contributed by atoms with Crippen LogP contribution in [-0.2, 0) is 0 Å². The first-order chi connectivity index (χ1) is 13.9. The van der Waals surface area contributed by atoms with Gasteiger partial charge in [0.1, 0.15) is 18.2 Å². The summed E-state index contributed by atoms with van der Waals surface area (Å²) in [5.41, 5.74) is 3.72. The van der Waals surface area contributed by atoms with Crippen molar-refractivity contribution in [2.75, 3.05) is 0 Å². The first-order valence-electron chi connectivity index (χ1n) is 10.1. The van der Waals surface area contributed by atoms with Gasteiger partial charge in [-0.25, -0.2) is 19.9 Å². The average Bonchev–Trinajstić information content (AvgIpc) is 2.66. The van der Waals surface area contributed by atoms with Crippen molar-refractivity contribution < 1.29 is 0 Å². The molecule has 1 aromatic carbocycles. The maximum Gasteiger partial charge on any atom is 0.116 e. The molecular formula is C25H35N5. The van der Waals surface area contributed by atoms with Crippen LogP contribution in [0.3, 0.4) is 0 Å². The molecule has 0 unspecified atom stereocenters. The lowest BCUT2D eigenvalue weighted by atomic mass is 10.0. The Kier molecular flexibility index (Phi) is 9.96. The highest BCUT2D eigenvalue weighted by Gasteiger charge is 1.96. The van der Waals surface area contributed by atoms with E-state index in [2.05, 4.69) is 80.3 Å². The van der Waals surface area contributed by atoms with Gasteiger partial charge >= 0.3 is 0 Å². The first-order valence-corrected chi connectivity index (χ1v) is 10.1. The van der Waals surface area contributed by atoms with Crippen LogP contribution in [0, 0.1) is 10.8 Å². The lowest BCUT2D eigenvalue weighted by Crippen LogP contribution is -1.93. The fourth-order valence-electron chi connectivity index (χ4n) is 1.74. The molecule has 0 N–H and O–H groups in total. The third-order valence-electron chi connectivity index (χ3n) is 2.69. The minimum absolute atomic E-state index is 0.500. The average molecular weight is 406 g/mol. The second-order valence-corrected chi connectivity index (χ2v) is 10.0. The van der Waals surface area contributed by atoms with Gasteiger partial charge in [-0.05, 0) is 29.0 Å². The Morgan fingerprint density at radius 1 is 0.533 bits per heavy atom. The summed E-state index contributed by atoms with van der Waals surface area (Å²) >= 11 is 0.